The summed E-state index contributed by atoms with van der Waals surface area (Å²) in [5.74, 6) is 1.26. The third-order valence-electron chi connectivity index (χ3n) is 3.98. The lowest BCUT2D eigenvalue weighted by atomic mass is 9.77. The Balaban J connectivity index is 4.32. The molecule has 0 aromatic heterocycles. The molecule has 20 heavy (non-hydrogen) atoms. The molecule has 0 saturated carbocycles. The van der Waals surface area contributed by atoms with Crippen LogP contribution < -0.4 is 0 Å². The average molecular weight is 286 g/mol. The third kappa shape index (κ3) is 10.7. The lowest BCUT2D eigenvalue weighted by Gasteiger charge is -2.31. The summed E-state index contributed by atoms with van der Waals surface area (Å²) in [7, 11) is 3.64. The van der Waals surface area contributed by atoms with Gasteiger partial charge in [-0.1, -0.05) is 59.8 Å². The Morgan fingerprint density at radius 1 is 0.800 bits per heavy atom. The first-order valence-corrected chi connectivity index (χ1v) is 8.42. The maximum atomic E-state index is 5.47. The quantitative estimate of drug-likeness (QED) is 0.453. The molecule has 0 aliphatic carbocycles. The van der Waals surface area contributed by atoms with Crippen molar-refractivity contribution >= 4 is 0 Å². The molecule has 2 nitrogen and oxygen atoms in total. The Kier molecular flexibility index (Phi) is 11.5. The molecule has 2 heteroatoms. The molecular formula is C18H38O2. The molecule has 0 fully saturated rings. The van der Waals surface area contributed by atoms with Gasteiger partial charge < -0.3 is 9.47 Å². The zero-order chi connectivity index (χ0) is 15.4. The van der Waals surface area contributed by atoms with Gasteiger partial charge in [0.25, 0.3) is 0 Å². The first kappa shape index (κ1) is 19.9. The van der Waals surface area contributed by atoms with Gasteiger partial charge in [0.15, 0.2) is 0 Å². The molecule has 0 aliphatic rings. The predicted octanol–water partition coefficient (Wildman–Crippen LogP) is 5.31. The van der Waals surface area contributed by atoms with Gasteiger partial charge in [-0.05, 0) is 30.1 Å². The summed E-state index contributed by atoms with van der Waals surface area (Å²) in [6.07, 6.45) is 9.26. The third-order valence-corrected chi connectivity index (χ3v) is 3.98. The fraction of sp³-hybridized carbons (Fsp3) is 1.00. The van der Waals surface area contributed by atoms with Crippen LogP contribution in [-0.2, 0) is 9.47 Å². The molecule has 0 rings (SSSR count). The summed E-state index contributed by atoms with van der Waals surface area (Å²) < 4.78 is 10.9. The van der Waals surface area contributed by atoms with E-state index >= 15 is 0 Å². The molecule has 2 atom stereocenters. The molecule has 0 heterocycles. The van der Waals surface area contributed by atoms with Crippen molar-refractivity contribution in [3.63, 3.8) is 0 Å². The number of unbranched alkanes of at least 4 members (excludes halogenated alkanes) is 4. The summed E-state index contributed by atoms with van der Waals surface area (Å²) in [4.78, 5) is 0. The van der Waals surface area contributed by atoms with Crippen molar-refractivity contribution in [2.75, 3.05) is 27.4 Å². The summed E-state index contributed by atoms with van der Waals surface area (Å²) in [6, 6.07) is 0. The summed E-state index contributed by atoms with van der Waals surface area (Å²) >= 11 is 0. The summed E-state index contributed by atoms with van der Waals surface area (Å²) in [5.41, 5.74) is 0.359. The van der Waals surface area contributed by atoms with Gasteiger partial charge >= 0.3 is 0 Å². The predicted molar refractivity (Wildman–Crippen MR) is 88.2 cm³/mol. The van der Waals surface area contributed by atoms with Crippen LogP contribution in [0.2, 0.25) is 0 Å². The minimum absolute atomic E-state index is 0.359. The molecule has 122 valence electrons. The number of rotatable bonds is 12. The topological polar surface area (TPSA) is 18.5 Å². The molecule has 0 radical (unpaired) electrons. The Bertz CT molecular complexity index is 208. The number of hydrogen-bond acceptors (Lipinski definition) is 2. The molecule has 0 aromatic carbocycles. The second kappa shape index (κ2) is 11.6. The molecule has 0 N–H and O–H groups in total. The molecule has 0 spiro atoms. The van der Waals surface area contributed by atoms with E-state index in [2.05, 4.69) is 27.7 Å². The van der Waals surface area contributed by atoms with Crippen molar-refractivity contribution in [2.24, 2.45) is 17.3 Å². The van der Waals surface area contributed by atoms with Crippen molar-refractivity contribution in [1.29, 1.82) is 0 Å². The second-order valence-corrected chi connectivity index (χ2v) is 7.40. The van der Waals surface area contributed by atoms with E-state index < -0.39 is 0 Å². The van der Waals surface area contributed by atoms with E-state index in [0.29, 0.717) is 17.3 Å². The van der Waals surface area contributed by atoms with Gasteiger partial charge in [0.05, 0.1) is 0 Å². The van der Waals surface area contributed by atoms with E-state index in [4.69, 9.17) is 9.47 Å². The summed E-state index contributed by atoms with van der Waals surface area (Å²) in [6.45, 7) is 11.0. The van der Waals surface area contributed by atoms with Crippen LogP contribution in [0.4, 0.5) is 0 Å². The van der Waals surface area contributed by atoms with Gasteiger partial charge in [-0.25, -0.2) is 0 Å². The normalized spacial score (nSPS) is 15.3. The van der Waals surface area contributed by atoms with Crippen molar-refractivity contribution in [3.8, 4) is 0 Å². The van der Waals surface area contributed by atoms with E-state index in [1.807, 2.05) is 14.2 Å². The van der Waals surface area contributed by atoms with Gasteiger partial charge in [-0.3, -0.25) is 0 Å². The SMILES string of the molecule is CCCCCCCC(COC)C(COC)CC(C)(C)C. The molecular weight excluding hydrogens is 248 g/mol. The lowest BCUT2D eigenvalue weighted by Crippen LogP contribution is -2.28. The van der Waals surface area contributed by atoms with Crippen LogP contribution >= 0.6 is 0 Å². The van der Waals surface area contributed by atoms with Crippen molar-refractivity contribution in [2.45, 2.75) is 72.6 Å². The fourth-order valence-electron chi connectivity index (χ4n) is 3.04. The largest absolute Gasteiger partial charge is 0.384 e. The monoisotopic (exact) mass is 286 g/mol. The molecule has 0 saturated heterocycles. The minimum atomic E-state index is 0.359. The highest BCUT2D eigenvalue weighted by molar-refractivity contribution is 4.76. The van der Waals surface area contributed by atoms with Gasteiger partial charge in [0, 0.05) is 27.4 Å². The van der Waals surface area contributed by atoms with E-state index in [1.165, 1.54) is 44.9 Å². The number of ether oxygens (including phenoxy) is 2. The standard InChI is InChI=1S/C18H38O2/c1-7-8-9-10-11-12-16(14-19-5)17(15-20-6)13-18(2,3)4/h16-17H,7-15H2,1-6H3. The maximum absolute atomic E-state index is 5.47. The Hall–Kier alpha value is -0.0800. The number of hydrogen-bond donors (Lipinski definition) is 0. The van der Waals surface area contributed by atoms with Crippen LogP contribution in [0, 0.1) is 17.3 Å². The maximum Gasteiger partial charge on any atom is 0.0494 e. The smallest absolute Gasteiger partial charge is 0.0494 e. The van der Waals surface area contributed by atoms with E-state index in [0.717, 1.165) is 13.2 Å². The Morgan fingerprint density at radius 3 is 1.85 bits per heavy atom. The van der Waals surface area contributed by atoms with E-state index in [1.54, 1.807) is 0 Å². The number of methoxy groups -OCH3 is 2. The highest BCUT2D eigenvalue weighted by Crippen LogP contribution is 2.32. The second-order valence-electron chi connectivity index (χ2n) is 7.40. The van der Waals surface area contributed by atoms with Crippen LogP contribution in [0.1, 0.15) is 72.6 Å². The highest BCUT2D eigenvalue weighted by Gasteiger charge is 2.26. The van der Waals surface area contributed by atoms with E-state index in [9.17, 15) is 0 Å². The Morgan fingerprint density at radius 2 is 1.35 bits per heavy atom. The van der Waals surface area contributed by atoms with Crippen LogP contribution in [0.3, 0.4) is 0 Å². The highest BCUT2D eigenvalue weighted by atomic mass is 16.5. The summed E-state index contributed by atoms with van der Waals surface area (Å²) in [5, 5.41) is 0. The van der Waals surface area contributed by atoms with Gasteiger partial charge in [-0.15, -0.1) is 0 Å². The van der Waals surface area contributed by atoms with Crippen molar-refractivity contribution in [3.05, 3.63) is 0 Å². The first-order chi connectivity index (χ1) is 9.44. The molecule has 0 aromatic rings. The first-order valence-electron chi connectivity index (χ1n) is 8.42. The Labute approximate surface area is 127 Å². The fourth-order valence-corrected chi connectivity index (χ4v) is 3.04. The molecule has 0 aliphatic heterocycles. The zero-order valence-electron chi connectivity index (χ0n) is 14.8. The molecule has 0 bridgehead atoms. The van der Waals surface area contributed by atoms with Crippen LogP contribution in [0.5, 0.6) is 0 Å². The van der Waals surface area contributed by atoms with Crippen molar-refractivity contribution < 1.29 is 9.47 Å². The van der Waals surface area contributed by atoms with Gasteiger partial charge in [0.1, 0.15) is 0 Å². The molecule has 2 unspecified atom stereocenters. The van der Waals surface area contributed by atoms with Gasteiger partial charge in [-0.2, -0.15) is 0 Å². The van der Waals surface area contributed by atoms with Crippen molar-refractivity contribution in [1.82, 2.24) is 0 Å². The van der Waals surface area contributed by atoms with Crippen LogP contribution in [0.15, 0.2) is 0 Å². The lowest BCUT2D eigenvalue weighted by molar-refractivity contribution is 0.0448. The van der Waals surface area contributed by atoms with E-state index in [-0.39, 0.29) is 0 Å². The zero-order valence-corrected chi connectivity index (χ0v) is 14.8. The minimum Gasteiger partial charge on any atom is -0.384 e. The van der Waals surface area contributed by atoms with Gasteiger partial charge in [0.2, 0.25) is 0 Å². The molecule has 0 amide bonds. The van der Waals surface area contributed by atoms with Crippen LogP contribution in [0.25, 0.3) is 0 Å². The van der Waals surface area contributed by atoms with Crippen LogP contribution in [-0.4, -0.2) is 27.4 Å². The average Bonchev–Trinajstić information content (AvgIpc) is 2.35.